The standard InChI is InChI=1S/C35H45N3O10S/c1-4-9-22(2)32(43)36-16-19-49-18-8-17-47-35(34(45)46)20-27(40)29(38-23(3)39)31(48-35)30(42)28(41)21-37-33(44)26-14-12-25(13-15-26)24-10-6-5-7-11-24/h4-7,9-15,27-31,40-42H,1,8,16-21H2,2-3H3,(H,36,43)(H,37,44)(H,38,39)(H,45,46)/b22-9+. The minimum atomic E-state index is -2.39. The number of aliphatic hydroxyl groups is 3. The lowest BCUT2D eigenvalue weighted by Crippen LogP contribution is -2.68. The molecule has 0 aliphatic carbocycles. The molecule has 6 atom stereocenters. The Morgan fingerprint density at radius 1 is 1.04 bits per heavy atom. The van der Waals surface area contributed by atoms with E-state index in [0.29, 0.717) is 35.6 Å². The second kappa shape index (κ2) is 19.2. The summed E-state index contributed by atoms with van der Waals surface area (Å²) in [6.07, 6.45) is -3.74. The Morgan fingerprint density at radius 3 is 2.35 bits per heavy atom. The van der Waals surface area contributed by atoms with Gasteiger partial charge in [0.2, 0.25) is 11.8 Å². The molecule has 1 saturated heterocycles. The molecule has 1 fully saturated rings. The zero-order valence-corrected chi connectivity index (χ0v) is 28.4. The first-order valence-corrected chi connectivity index (χ1v) is 17.0. The van der Waals surface area contributed by atoms with Crippen LogP contribution < -0.4 is 16.0 Å². The quantitative estimate of drug-likeness (QED) is 0.0677. The van der Waals surface area contributed by atoms with Crippen LogP contribution in [-0.4, -0.2) is 112 Å². The van der Waals surface area contributed by atoms with Gasteiger partial charge in [-0.2, -0.15) is 11.8 Å². The summed E-state index contributed by atoms with van der Waals surface area (Å²) in [4.78, 5) is 49.1. The lowest BCUT2D eigenvalue weighted by atomic mass is 9.88. The number of hydrogen-bond donors (Lipinski definition) is 7. The van der Waals surface area contributed by atoms with Gasteiger partial charge in [0.25, 0.3) is 11.7 Å². The number of carboxylic acid groups (broad SMARTS) is 1. The van der Waals surface area contributed by atoms with Crippen LogP contribution in [-0.2, 0) is 23.9 Å². The van der Waals surface area contributed by atoms with E-state index in [1.54, 1.807) is 37.3 Å². The van der Waals surface area contributed by atoms with Gasteiger partial charge in [-0.05, 0) is 42.4 Å². The molecule has 13 nitrogen and oxygen atoms in total. The van der Waals surface area contributed by atoms with Crippen molar-refractivity contribution < 1.29 is 49.1 Å². The predicted octanol–water partition coefficient (Wildman–Crippen LogP) is 1.63. The molecule has 0 saturated carbocycles. The summed E-state index contributed by atoms with van der Waals surface area (Å²) >= 11 is 1.51. The van der Waals surface area contributed by atoms with Crippen molar-refractivity contribution in [2.75, 3.05) is 31.2 Å². The summed E-state index contributed by atoms with van der Waals surface area (Å²) in [5, 5.41) is 50.8. The van der Waals surface area contributed by atoms with Crippen LogP contribution in [0.1, 0.15) is 37.0 Å². The fourth-order valence-electron chi connectivity index (χ4n) is 5.16. The molecule has 0 aromatic heterocycles. The Kier molecular flexibility index (Phi) is 15.4. The third kappa shape index (κ3) is 11.5. The van der Waals surface area contributed by atoms with Crippen molar-refractivity contribution in [3.05, 3.63) is 84.5 Å². The summed E-state index contributed by atoms with van der Waals surface area (Å²) in [6, 6.07) is 15.1. The van der Waals surface area contributed by atoms with Gasteiger partial charge in [0.1, 0.15) is 12.2 Å². The number of amides is 3. The van der Waals surface area contributed by atoms with Gasteiger partial charge < -0.3 is 45.9 Å². The maximum absolute atomic E-state index is 12.8. The number of rotatable bonds is 18. The van der Waals surface area contributed by atoms with Crippen LogP contribution in [0.3, 0.4) is 0 Å². The first kappa shape index (κ1) is 39.4. The van der Waals surface area contributed by atoms with Crippen molar-refractivity contribution in [3.63, 3.8) is 0 Å². The van der Waals surface area contributed by atoms with Crippen LogP contribution in [0.25, 0.3) is 11.1 Å². The molecular weight excluding hydrogens is 654 g/mol. The highest BCUT2D eigenvalue weighted by molar-refractivity contribution is 7.99. The second-order valence-electron chi connectivity index (χ2n) is 11.5. The van der Waals surface area contributed by atoms with E-state index in [0.717, 1.165) is 11.1 Å². The minimum absolute atomic E-state index is 0.0884. The average molecular weight is 700 g/mol. The molecule has 0 radical (unpaired) electrons. The SMILES string of the molecule is C=C/C=C(\C)C(=O)NCCSCCCOC1(C(=O)O)CC(O)C(NC(C)=O)C(C(O)C(O)CNC(=O)c2ccc(-c3ccccc3)cc2)O1. The van der Waals surface area contributed by atoms with E-state index in [1.165, 1.54) is 24.8 Å². The zero-order chi connectivity index (χ0) is 36.0. The van der Waals surface area contributed by atoms with Crippen molar-refractivity contribution >= 4 is 35.5 Å². The number of benzene rings is 2. The summed E-state index contributed by atoms with van der Waals surface area (Å²) in [5.41, 5.74) is 2.72. The number of carboxylic acids is 1. The van der Waals surface area contributed by atoms with Crippen molar-refractivity contribution in [2.24, 2.45) is 0 Å². The molecule has 7 N–H and O–H groups in total. The largest absolute Gasteiger partial charge is 0.477 e. The van der Waals surface area contributed by atoms with Crippen molar-refractivity contribution in [2.45, 2.75) is 62.9 Å². The van der Waals surface area contributed by atoms with Crippen LogP contribution in [0, 0.1) is 0 Å². The van der Waals surface area contributed by atoms with Gasteiger partial charge in [0.05, 0.1) is 24.9 Å². The van der Waals surface area contributed by atoms with Crippen LogP contribution >= 0.6 is 11.8 Å². The van der Waals surface area contributed by atoms with Crippen molar-refractivity contribution in [1.29, 1.82) is 0 Å². The van der Waals surface area contributed by atoms with E-state index in [1.807, 2.05) is 30.3 Å². The smallest absolute Gasteiger partial charge is 0.364 e. The Morgan fingerprint density at radius 2 is 1.71 bits per heavy atom. The molecule has 6 unspecified atom stereocenters. The van der Waals surface area contributed by atoms with Gasteiger partial charge in [-0.25, -0.2) is 4.79 Å². The molecule has 0 spiro atoms. The maximum atomic E-state index is 12.8. The van der Waals surface area contributed by atoms with Gasteiger partial charge in [-0.3, -0.25) is 14.4 Å². The van der Waals surface area contributed by atoms with Gasteiger partial charge in [0.15, 0.2) is 0 Å². The number of ether oxygens (including phenoxy) is 2. The molecule has 1 heterocycles. The fourth-order valence-corrected chi connectivity index (χ4v) is 5.93. The Labute approximate surface area is 289 Å². The highest BCUT2D eigenvalue weighted by Gasteiger charge is 2.55. The minimum Gasteiger partial charge on any atom is -0.477 e. The number of hydrogen-bond acceptors (Lipinski definition) is 10. The molecule has 266 valence electrons. The van der Waals surface area contributed by atoms with Gasteiger partial charge in [0, 0.05) is 43.3 Å². The first-order valence-electron chi connectivity index (χ1n) is 15.8. The third-order valence-electron chi connectivity index (χ3n) is 7.75. The predicted molar refractivity (Wildman–Crippen MR) is 185 cm³/mol. The van der Waals surface area contributed by atoms with Gasteiger partial charge in [-0.1, -0.05) is 61.2 Å². The number of thioether (sulfide) groups is 1. The monoisotopic (exact) mass is 699 g/mol. The van der Waals surface area contributed by atoms with Crippen LogP contribution in [0.5, 0.6) is 0 Å². The van der Waals surface area contributed by atoms with Crippen LogP contribution in [0.15, 0.2) is 78.9 Å². The van der Waals surface area contributed by atoms with Gasteiger partial charge in [-0.15, -0.1) is 0 Å². The Balaban J connectivity index is 1.58. The number of aliphatic hydroxyl groups excluding tert-OH is 3. The highest BCUT2D eigenvalue weighted by Crippen LogP contribution is 2.34. The molecular formula is C35H45N3O10S. The van der Waals surface area contributed by atoms with E-state index < -0.39 is 67.0 Å². The number of carbonyl (C=O) groups is 4. The molecule has 3 rings (SSSR count). The van der Waals surface area contributed by atoms with E-state index in [2.05, 4.69) is 22.5 Å². The topological polar surface area (TPSA) is 204 Å². The van der Waals surface area contributed by atoms with E-state index in [-0.39, 0.29) is 12.5 Å². The van der Waals surface area contributed by atoms with E-state index >= 15 is 0 Å². The summed E-state index contributed by atoms with van der Waals surface area (Å²) in [5.74, 6) is -4.11. The second-order valence-corrected chi connectivity index (χ2v) is 12.7. The third-order valence-corrected chi connectivity index (χ3v) is 8.82. The molecule has 49 heavy (non-hydrogen) atoms. The molecule has 14 heteroatoms. The lowest BCUT2D eigenvalue weighted by Gasteiger charge is -2.46. The number of aliphatic carboxylic acids is 1. The van der Waals surface area contributed by atoms with E-state index in [9.17, 15) is 39.6 Å². The van der Waals surface area contributed by atoms with Crippen LogP contribution in [0.4, 0.5) is 0 Å². The molecule has 2 aromatic carbocycles. The summed E-state index contributed by atoms with van der Waals surface area (Å²) in [7, 11) is 0. The molecule has 1 aliphatic heterocycles. The number of allylic oxidation sites excluding steroid dienone is 2. The molecule has 3 amide bonds. The Bertz CT molecular complexity index is 1460. The summed E-state index contributed by atoms with van der Waals surface area (Å²) < 4.78 is 11.4. The van der Waals surface area contributed by atoms with E-state index in [4.69, 9.17) is 9.47 Å². The normalized spacial score (nSPS) is 22.0. The Hall–Kier alpha value is -4.05. The fraction of sp³-hybridized carbons (Fsp3) is 0.429. The molecule has 0 bridgehead atoms. The number of nitrogens with one attached hydrogen (secondary N) is 3. The van der Waals surface area contributed by atoms with Crippen LogP contribution in [0.2, 0.25) is 0 Å². The van der Waals surface area contributed by atoms with Gasteiger partial charge >= 0.3 is 5.97 Å². The van der Waals surface area contributed by atoms with Crippen molar-refractivity contribution in [1.82, 2.24) is 16.0 Å². The molecule has 2 aromatic rings. The summed E-state index contributed by atoms with van der Waals surface area (Å²) in [6.45, 7) is 6.29. The number of carbonyl (C=O) groups excluding carboxylic acids is 3. The lowest BCUT2D eigenvalue weighted by molar-refractivity contribution is -0.310. The first-order chi connectivity index (χ1) is 23.4. The van der Waals surface area contributed by atoms with Crippen molar-refractivity contribution in [3.8, 4) is 11.1 Å². The zero-order valence-electron chi connectivity index (χ0n) is 27.5. The average Bonchev–Trinajstić information content (AvgIpc) is 3.09. The maximum Gasteiger partial charge on any atom is 0.364 e. The highest BCUT2D eigenvalue weighted by atomic mass is 32.2. The molecule has 1 aliphatic rings.